The topological polar surface area (TPSA) is 52.9 Å². The van der Waals surface area contributed by atoms with Crippen molar-refractivity contribution >= 4 is 27.5 Å². The molecule has 4 heteroatoms. The third kappa shape index (κ3) is 3.21. The van der Waals surface area contributed by atoms with Crippen LogP contribution in [0.5, 0.6) is 0 Å². The highest BCUT2D eigenvalue weighted by molar-refractivity contribution is 9.08. The number of halogens is 1. The average Bonchev–Trinajstić information content (AvgIpc) is 2.48. The van der Waals surface area contributed by atoms with E-state index in [2.05, 4.69) is 21.2 Å². The highest BCUT2D eigenvalue weighted by atomic mass is 79.9. The molecule has 3 nitrogen and oxygen atoms in total. The number of carbonyl (C=O) groups is 1. The Kier molecular flexibility index (Phi) is 4.32. The van der Waals surface area contributed by atoms with Crippen LogP contribution in [0.3, 0.4) is 0 Å². The van der Waals surface area contributed by atoms with Crippen LogP contribution in [0, 0.1) is 11.3 Å². The fraction of sp³-hybridized carbons (Fsp3) is 0.0667. The van der Waals surface area contributed by atoms with Crippen molar-refractivity contribution in [2.24, 2.45) is 0 Å². The maximum Gasteiger partial charge on any atom is 0.255 e. The molecule has 2 aromatic carbocycles. The first-order chi connectivity index (χ1) is 9.24. The van der Waals surface area contributed by atoms with Crippen LogP contribution in [0.15, 0.2) is 48.5 Å². The van der Waals surface area contributed by atoms with E-state index in [1.165, 1.54) is 0 Å². The number of anilines is 1. The van der Waals surface area contributed by atoms with Crippen LogP contribution < -0.4 is 5.32 Å². The van der Waals surface area contributed by atoms with Crippen LogP contribution in [0.2, 0.25) is 0 Å². The standard InChI is InChI=1S/C15H11BrN2O/c16-9-13-3-1-2-4-14(13)18-15(19)12-7-5-11(10-17)6-8-12/h1-8H,9H2,(H,18,19). The van der Waals surface area contributed by atoms with Crippen LogP contribution in [-0.4, -0.2) is 5.91 Å². The molecule has 0 bridgehead atoms. The summed E-state index contributed by atoms with van der Waals surface area (Å²) in [5.41, 5.74) is 2.87. The number of hydrogen-bond acceptors (Lipinski definition) is 2. The Morgan fingerprint density at radius 3 is 2.47 bits per heavy atom. The van der Waals surface area contributed by atoms with E-state index in [-0.39, 0.29) is 5.91 Å². The van der Waals surface area contributed by atoms with Gasteiger partial charge in [-0.1, -0.05) is 34.1 Å². The number of rotatable bonds is 3. The summed E-state index contributed by atoms with van der Waals surface area (Å²) in [6.07, 6.45) is 0. The number of benzene rings is 2. The van der Waals surface area contributed by atoms with Gasteiger partial charge in [-0.3, -0.25) is 4.79 Å². The number of hydrogen-bond donors (Lipinski definition) is 1. The van der Waals surface area contributed by atoms with Gasteiger partial charge in [-0.25, -0.2) is 0 Å². The first-order valence-corrected chi connectivity index (χ1v) is 6.82. The maximum atomic E-state index is 12.1. The van der Waals surface area contributed by atoms with Gasteiger partial charge in [-0.05, 0) is 35.9 Å². The van der Waals surface area contributed by atoms with Crippen LogP contribution >= 0.6 is 15.9 Å². The maximum absolute atomic E-state index is 12.1. The van der Waals surface area contributed by atoms with E-state index >= 15 is 0 Å². The molecule has 0 radical (unpaired) electrons. The minimum Gasteiger partial charge on any atom is -0.322 e. The van der Waals surface area contributed by atoms with Crippen LogP contribution in [0.4, 0.5) is 5.69 Å². The van der Waals surface area contributed by atoms with Gasteiger partial charge in [-0.2, -0.15) is 5.26 Å². The fourth-order valence-electron chi connectivity index (χ4n) is 1.65. The quantitative estimate of drug-likeness (QED) is 0.878. The highest BCUT2D eigenvalue weighted by Crippen LogP contribution is 2.18. The summed E-state index contributed by atoms with van der Waals surface area (Å²) in [6, 6.07) is 16.2. The number of para-hydroxylation sites is 1. The van der Waals surface area contributed by atoms with E-state index in [0.717, 1.165) is 11.3 Å². The van der Waals surface area contributed by atoms with Gasteiger partial charge in [0.2, 0.25) is 0 Å². The van der Waals surface area contributed by atoms with Crippen molar-refractivity contribution in [2.45, 2.75) is 5.33 Å². The molecule has 0 saturated carbocycles. The zero-order valence-corrected chi connectivity index (χ0v) is 11.6. The molecule has 0 saturated heterocycles. The lowest BCUT2D eigenvalue weighted by Crippen LogP contribution is -2.12. The average molecular weight is 315 g/mol. The first-order valence-electron chi connectivity index (χ1n) is 5.70. The molecular formula is C15H11BrN2O. The minimum absolute atomic E-state index is 0.183. The van der Waals surface area contributed by atoms with Crippen molar-refractivity contribution < 1.29 is 4.79 Å². The molecule has 1 amide bonds. The Balaban J connectivity index is 2.18. The number of nitrogens with zero attached hydrogens (tertiary/aromatic N) is 1. The Labute approximate surface area is 120 Å². The Morgan fingerprint density at radius 1 is 1.16 bits per heavy atom. The smallest absolute Gasteiger partial charge is 0.255 e. The third-order valence-electron chi connectivity index (χ3n) is 2.69. The molecule has 0 aliphatic carbocycles. The molecule has 0 fully saturated rings. The predicted octanol–water partition coefficient (Wildman–Crippen LogP) is 3.71. The molecule has 19 heavy (non-hydrogen) atoms. The molecule has 0 spiro atoms. The van der Waals surface area contributed by atoms with Crippen LogP contribution in [0.1, 0.15) is 21.5 Å². The number of nitriles is 1. The summed E-state index contributed by atoms with van der Waals surface area (Å²) in [6.45, 7) is 0. The molecular weight excluding hydrogens is 304 g/mol. The van der Waals surface area contributed by atoms with Gasteiger partial charge in [0.1, 0.15) is 0 Å². The molecule has 0 unspecified atom stereocenters. The summed E-state index contributed by atoms with van der Waals surface area (Å²) < 4.78 is 0. The molecule has 0 heterocycles. The second-order valence-corrected chi connectivity index (χ2v) is 4.49. The van der Waals surface area contributed by atoms with Gasteiger partial charge in [0.25, 0.3) is 5.91 Å². The molecule has 0 aliphatic heterocycles. The lowest BCUT2D eigenvalue weighted by Gasteiger charge is -2.09. The minimum atomic E-state index is -0.183. The first kappa shape index (κ1) is 13.3. The zero-order valence-electron chi connectivity index (χ0n) is 10.1. The Hall–Kier alpha value is -2.12. The molecule has 2 aromatic rings. The van der Waals surface area contributed by atoms with E-state index in [4.69, 9.17) is 5.26 Å². The molecule has 0 aliphatic rings. The summed E-state index contributed by atoms with van der Waals surface area (Å²) >= 11 is 3.39. The number of amides is 1. The van der Waals surface area contributed by atoms with Gasteiger partial charge >= 0.3 is 0 Å². The lowest BCUT2D eigenvalue weighted by atomic mass is 10.1. The van der Waals surface area contributed by atoms with Crippen LogP contribution in [0.25, 0.3) is 0 Å². The normalized spacial score (nSPS) is 9.68. The van der Waals surface area contributed by atoms with Crippen molar-refractivity contribution in [1.82, 2.24) is 0 Å². The lowest BCUT2D eigenvalue weighted by molar-refractivity contribution is 0.102. The van der Waals surface area contributed by atoms with E-state index in [1.807, 2.05) is 30.3 Å². The number of carbonyl (C=O) groups excluding carboxylic acids is 1. The highest BCUT2D eigenvalue weighted by Gasteiger charge is 2.08. The van der Waals surface area contributed by atoms with Crippen molar-refractivity contribution in [3.63, 3.8) is 0 Å². The fourth-order valence-corrected chi connectivity index (χ4v) is 2.14. The third-order valence-corrected chi connectivity index (χ3v) is 3.29. The SMILES string of the molecule is N#Cc1ccc(C(=O)Nc2ccccc2CBr)cc1. The molecule has 0 atom stereocenters. The monoisotopic (exact) mass is 314 g/mol. The van der Waals surface area contributed by atoms with E-state index in [1.54, 1.807) is 24.3 Å². The second kappa shape index (κ2) is 6.17. The molecule has 94 valence electrons. The second-order valence-electron chi connectivity index (χ2n) is 3.93. The van der Waals surface area contributed by atoms with Crippen molar-refractivity contribution in [1.29, 1.82) is 5.26 Å². The largest absolute Gasteiger partial charge is 0.322 e. The Morgan fingerprint density at radius 2 is 1.84 bits per heavy atom. The number of nitrogens with one attached hydrogen (secondary N) is 1. The van der Waals surface area contributed by atoms with Gasteiger partial charge in [0.15, 0.2) is 0 Å². The van der Waals surface area contributed by atoms with Gasteiger partial charge in [0.05, 0.1) is 11.6 Å². The molecule has 0 aromatic heterocycles. The summed E-state index contributed by atoms with van der Waals surface area (Å²) in [7, 11) is 0. The number of alkyl halides is 1. The van der Waals surface area contributed by atoms with Crippen molar-refractivity contribution in [3.8, 4) is 6.07 Å². The zero-order chi connectivity index (χ0) is 13.7. The summed E-state index contributed by atoms with van der Waals surface area (Å²) in [4.78, 5) is 12.1. The van der Waals surface area contributed by atoms with Crippen molar-refractivity contribution in [3.05, 3.63) is 65.2 Å². The Bertz CT molecular complexity index is 629. The van der Waals surface area contributed by atoms with E-state index in [0.29, 0.717) is 16.5 Å². The van der Waals surface area contributed by atoms with E-state index in [9.17, 15) is 4.79 Å². The summed E-state index contributed by atoms with van der Waals surface area (Å²) in [5, 5.41) is 12.3. The van der Waals surface area contributed by atoms with Crippen molar-refractivity contribution in [2.75, 3.05) is 5.32 Å². The van der Waals surface area contributed by atoms with Crippen LogP contribution in [-0.2, 0) is 5.33 Å². The molecule has 1 N–H and O–H groups in total. The predicted molar refractivity (Wildman–Crippen MR) is 78.2 cm³/mol. The van der Waals surface area contributed by atoms with E-state index < -0.39 is 0 Å². The van der Waals surface area contributed by atoms with Gasteiger partial charge < -0.3 is 5.32 Å². The van der Waals surface area contributed by atoms with Gasteiger partial charge in [-0.15, -0.1) is 0 Å². The summed E-state index contributed by atoms with van der Waals surface area (Å²) in [5.74, 6) is -0.183. The molecule has 2 rings (SSSR count). The van der Waals surface area contributed by atoms with Gasteiger partial charge in [0, 0.05) is 16.6 Å².